The lowest BCUT2D eigenvalue weighted by atomic mass is 10.1. The predicted octanol–water partition coefficient (Wildman–Crippen LogP) is 4.48. The van der Waals surface area contributed by atoms with E-state index in [-0.39, 0.29) is 24.0 Å². The molecule has 0 spiro atoms. The molecule has 76 valence electrons. The van der Waals surface area contributed by atoms with Gasteiger partial charge in [0.25, 0.3) is 0 Å². The molecule has 0 amide bonds. The van der Waals surface area contributed by atoms with E-state index in [1.807, 2.05) is 36.4 Å². The summed E-state index contributed by atoms with van der Waals surface area (Å²) in [6.45, 7) is 0. The predicted molar refractivity (Wildman–Crippen MR) is 77.2 cm³/mol. The molecule has 0 aliphatic carbocycles. The summed E-state index contributed by atoms with van der Waals surface area (Å²) in [5.41, 5.74) is 2.47. The maximum Gasteiger partial charge on any atom is -0.0256 e. The van der Waals surface area contributed by atoms with Gasteiger partial charge >= 0.3 is 0 Å². The Labute approximate surface area is 108 Å². The molecule has 0 radical (unpaired) electrons. The molecule has 0 saturated heterocycles. The Bertz CT molecular complexity index is 362. The van der Waals surface area contributed by atoms with E-state index in [0.29, 0.717) is 0 Å². The first-order valence-corrected chi connectivity index (χ1v) is 4.73. The third-order valence-electron chi connectivity index (χ3n) is 2.07. The second-order valence-electron chi connectivity index (χ2n) is 3.15. The topological polar surface area (TPSA) is 0 Å². The van der Waals surface area contributed by atoms with E-state index in [2.05, 4.69) is 36.4 Å². The Morgan fingerprint density at radius 2 is 0.867 bits per heavy atom. The smallest absolute Gasteiger partial charge is 0.0256 e. The van der Waals surface area contributed by atoms with Crippen LogP contribution in [0.25, 0.3) is 12.2 Å². The fourth-order valence-electron chi connectivity index (χ4n) is 1.32. The SMILES string of the molecule is C(=Cc1ccccc1)c1ccccc1.I. The van der Waals surface area contributed by atoms with Gasteiger partial charge in [-0.05, 0) is 11.1 Å². The molecule has 0 heterocycles. The van der Waals surface area contributed by atoms with Gasteiger partial charge in [-0.1, -0.05) is 72.8 Å². The first-order valence-electron chi connectivity index (χ1n) is 4.73. The lowest BCUT2D eigenvalue weighted by Gasteiger charge is -1.92. The monoisotopic (exact) mass is 308 g/mol. The highest BCUT2D eigenvalue weighted by atomic mass is 127. The summed E-state index contributed by atoms with van der Waals surface area (Å²) < 4.78 is 0. The molecule has 1 heteroatoms. The van der Waals surface area contributed by atoms with Crippen molar-refractivity contribution < 1.29 is 0 Å². The van der Waals surface area contributed by atoms with Crippen LogP contribution in [0.3, 0.4) is 0 Å². The summed E-state index contributed by atoms with van der Waals surface area (Å²) in [6.07, 6.45) is 4.24. The summed E-state index contributed by atoms with van der Waals surface area (Å²) >= 11 is 0. The molecule has 0 aromatic heterocycles. The molecule has 15 heavy (non-hydrogen) atoms. The summed E-state index contributed by atoms with van der Waals surface area (Å²) in [6, 6.07) is 20.6. The molecule has 2 rings (SSSR count). The molecule has 0 nitrogen and oxygen atoms in total. The Hall–Kier alpha value is -1.09. The van der Waals surface area contributed by atoms with Crippen molar-refractivity contribution in [2.45, 2.75) is 0 Å². The number of hydrogen-bond donors (Lipinski definition) is 0. The van der Waals surface area contributed by atoms with Gasteiger partial charge in [-0.3, -0.25) is 0 Å². The molecular formula is C14H13I. The van der Waals surface area contributed by atoms with Crippen LogP contribution in [0.4, 0.5) is 0 Å². The first-order chi connectivity index (χ1) is 6.95. The van der Waals surface area contributed by atoms with Crippen molar-refractivity contribution in [1.29, 1.82) is 0 Å². The fourth-order valence-corrected chi connectivity index (χ4v) is 1.32. The molecule has 0 unspecified atom stereocenters. The molecule has 0 bridgehead atoms. The molecule has 0 aliphatic heterocycles. The minimum Gasteiger partial charge on any atom is -0.107 e. The zero-order valence-corrected chi connectivity index (χ0v) is 10.7. The Morgan fingerprint density at radius 1 is 0.533 bits per heavy atom. The number of hydrogen-bond acceptors (Lipinski definition) is 0. The molecule has 0 N–H and O–H groups in total. The van der Waals surface area contributed by atoms with Crippen LogP contribution in [0, 0.1) is 0 Å². The number of benzene rings is 2. The quantitative estimate of drug-likeness (QED) is 0.567. The van der Waals surface area contributed by atoms with Gasteiger partial charge in [0.1, 0.15) is 0 Å². The standard InChI is InChI=1S/C14H12.HI/c1-3-7-13(8-4-1)11-12-14-9-5-2-6-10-14;/h1-12H;1H. The van der Waals surface area contributed by atoms with Gasteiger partial charge in [0, 0.05) is 0 Å². The molecule has 0 aliphatic rings. The van der Waals surface area contributed by atoms with Gasteiger partial charge in [-0.25, -0.2) is 0 Å². The van der Waals surface area contributed by atoms with Crippen LogP contribution < -0.4 is 0 Å². The van der Waals surface area contributed by atoms with Crippen LogP contribution in [0.5, 0.6) is 0 Å². The van der Waals surface area contributed by atoms with Gasteiger partial charge in [0.05, 0.1) is 0 Å². The van der Waals surface area contributed by atoms with E-state index in [1.54, 1.807) is 0 Å². The lowest BCUT2D eigenvalue weighted by Crippen LogP contribution is -1.70. The maximum absolute atomic E-state index is 2.12. The van der Waals surface area contributed by atoms with Crippen LogP contribution in [0.2, 0.25) is 0 Å². The van der Waals surface area contributed by atoms with E-state index >= 15 is 0 Å². The van der Waals surface area contributed by atoms with E-state index in [9.17, 15) is 0 Å². The van der Waals surface area contributed by atoms with Gasteiger partial charge in [-0.2, -0.15) is 0 Å². The Morgan fingerprint density at radius 3 is 1.20 bits per heavy atom. The average Bonchev–Trinajstić information content (AvgIpc) is 2.29. The zero-order valence-electron chi connectivity index (χ0n) is 8.34. The summed E-state index contributed by atoms with van der Waals surface area (Å²) in [7, 11) is 0. The Kier molecular flexibility index (Phi) is 5.12. The summed E-state index contributed by atoms with van der Waals surface area (Å²) in [5, 5.41) is 0. The highest BCUT2D eigenvalue weighted by Gasteiger charge is 1.84. The third-order valence-corrected chi connectivity index (χ3v) is 2.07. The summed E-state index contributed by atoms with van der Waals surface area (Å²) in [4.78, 5) is 0. The molecule has 0 atom stereocenters. The van der Waals surface area contributed by atoms with Crippen LogP contribution in [0.1, 0.15) is 11.1 Å². The molecule has 0 saturated carbocycles. The summed E-state index contributed by atoms with van der Waals surface area (Å²) in [5.74, 6) is 0. The van der Waals surface area contributed by atoms with Crippen molar-refractivity contribution in [3.8, 4) is 0 Å². The van der Waals surface area contributed by atoms with Gasteiger partial charge < -0.3 is 0 Å². The van der Waals surface area contributed by atoms with Gasteiger partial charge in [0.15, 0.2) is 0 Å². The molecule has 0 fully saturated rings. The third kappa shape index (κ3) is 3.88. The van der Waals surface area contributed by atoms with Gasteiger partial charge in [-0.15, -0.1) is 24.0 Å². The van der Waals surface area contributed by atoms with Crippen molar-refractivity contribution in [1.82, 2.24) is 0 Å². The number of halogens is 1. The van der Waals surface area contributed by atoms with Crippen molar-refractivity contribution >= 4 is 36.1 Å². The molecular weight excluding hydrogens is 295 g/mol. The van der Waals surface area contributed by atoms with Crippen LogP contribution >= 0.6 is 24.0 Å². The van der Waals surface area contributed by atoms with Crippen molar-refractivity contribution in [3.05, 3.63) is 71.8 Å². The second kappa shape index (κ2) is 6.40. The minimum absolute atomic E-state index is 0. The van der Waals surface area contributed by atoms with Crippen molar-refractivity contribution in [2.24, 2.45) is 0 Å². The zero-order chi connectivity index (χ0) is 9.64. The molecule has 2 aromatic rings. The largest absolute Gasteiger partial charge is 0.107 e. The van der Waals surface area contributed by atoms with Crippen LogP contribution in [0.15, 0.2) is 60.7 Å². The fraction of sp³-hybridized carbons (Fsp3) is 0. The Balaban J connectivity index is 0.00000112. The first kappa shape index (κ1) is 12.0. The normalized spacial score (nSPS) is 9.87. The average molecular weight is 308 g/mol. The van der Waals surface area contributed by atoms with Crippen LogP contribution in [-0.2, 0) is 0 Å². The maximum atomic E-state index is 2.12. The van der Waals surface area contributed by atoms with Gasteiger partial charge in [0.2, 0.25) is 0 Å². The number of rotatable bonds is 2. The van der Waals surface area contributed by atoms with Crippen molar-refractivity contribution in [2.75, 3.05) is 0 Å². The van der Waals surface area contributed by atoms with E-state index in [4.69, 9.17) is 0 Å². The second-order valence-corrected chi connectivity index (χ2v) is 3.15. The highest BCUT2D eigenvalue weighted by molar-refractivity contribution is 14.0. The van der Waals surface area contributed by atoms with Crippen molar-refractivity contribution in [3.63, 3.8) is 0 Å². The van der Waals surface area contributed by atoms with Crippen LogP contribution in [-0.4, -0.2) is 0 Å². The van der Waals surface area contributed by atoms with E-state index < -0.39 is 0 Å². The minimum atomic E-state index is 0. The lowest BCUT2D eigenvalue weighted by molar-refractivity contribution is 1.65. The molecule has 2 aromatic carbocycles. The highest BCUT2D eigenvalue weighted by Crippen LogP contribution is 2.06. The van der Waals surface area contributed by atoms with E-state index in [1.165, 1.54) is 11.1 Å². The van der Waals surface area contributed by atoms with E-state index in [0.717, 1.165) is 0 Å².